The van der Waals surface area contributed by atoms with Gasteiger partial charge in [0.2, 0.25) is 10.0 Å². The number of benzene rings is 1. The minimum Gasteiger partial charge on any atom is -0.504 e. The molecule has 84 valence electrons. The van der Waals surface area contributed by atoms with Gasteiger partial charge in [0.15, 0.2) is 11.5 Å². The van der Waals surface area contributed by atoms with Crippen molar-refractivity contribution in [2.75, 3.05) is 14.1 Å². The van der Waals surface area contributed by atoms with E-state index in [1.807, 2.05) is 0 Å². The predicted octanol–water partition coefficient (Wildman–Crippen LogP) is 1.11. The van der Waals surface area contributed by atoms with Crippen LogP contribution in [-0.4, -0.2) is 37.0 Å². The van der Waals surface area contributed by atoms with Crippen molar-refractivity contribution in [2.45, 2.75) is 4.90 Å². The Labute approximate surface area is 96.1 Å². The molecule has 1 aromatic rings. The Bertz CT molecular complexity index is 484. The van der Waals surface area contributed by atoms with Gasteiger partial charge >= 0.3 is 0 Å². The van der Waals surface area contributed by atoms with E-state index in [4.69, 9.17) is 5.11 Å². The van der Waals surface area contributed by atoms with Crippen LogP contribution in [0.1, 0.15) is 0 Å². The quantitative estimate of drug-likeness (QED) is 0.801. The van der Waals surface area contributed by atoms with Crippen LogP contribution >= 0.6 is 15.9 Å². The topological polar surface area (TPSA) is 77.8 Å². The van der Waals surface area contributed by atoms with E-state index in [0.29, 0.717) is 0 Å². The molecule has 0 spiro atoms. The first kappa shape index (κ1) is 12.3. The molecule has 0 saturated heterocycles. The Morgan fingerprint density at radius 2 is 1.67 bits per heavy atom. The van der Waals surface area contributed by atoms with Gasteiger partial charge in [-0.25, -0.2) is 12.7 Å². The third kappa shape index (κ3) is 2.24. The van der Waals surface area contributed by atoms with Gasteiger partial charge in [-0.05, 0) is 22.0 Å². The third-order valence-electron chi connectivity index (χ3n) is 1.79. The highest BCUT2D eigenvalue weighted by Gasteiger charge is 2.22. The van der Waals surface area contributed by atoms with Crippen molar-refractivity contribution in [1.29, 1.82) is 0 Å². The SMILES string of the molecule is CN(C)S(=O)(=O)c1cc(O)c(O)cc1Br. The Morgan fingerprint density at radius 3 is 2.13 bits per heavy atom. The zero-order chi connectivity index (χ0) is 11.8. The van der Waals surface area contributed by atoms with Crippen molar-refractivity contribution in [3.05, 3.63) is 16.6 Å². The van der Waals surface area contributed by atoms with Crippen molar-refractivity contribution in [2.24, 2.45) is 0 Å². The van der Waals surface area contributed by atoms with Crippen molar-refractivity contribution in [1.82, 2.24) is 4.31 Å². The summed E-state index contributed by atoms with van der Waals surface area (Å²) in [6.45, 7) is 0. The van der Waals surface area contributed by atoms with E-state index in [1.165, 1.54) is 14.1 Å². The zero-order valence-electron chi connectivity index (χ0n) is 8.10. The monoisotopic (exact) mass is 295 g/mol. The minimum atomic E-state index is -3.63. The highest BCUT2D eigenvalue weighted by atomic mass is 79.9. The van der Waals surface area contributed by atoms with Crippen LogP contribution in [-0.2, 0) is 10.0 Å². The van der Waals surface area contributed by atoms with Crippen LogP contribution < -0.4 is 0 Å². The number of hydrogen-bond acceptors (Lipinski definition) is 4. The lowest BCUT2D eigenvalue weighted by Crippen LogP contribution is -2.22. The van der Waals surface area contributed by atoms with E-state index in [9.17, 15) is 13.5 Å². The molecular formula is C8H10BrNO4S. The molecule has 0 aliphatic carbocycles. The van der Waals surface area contributed by atoms with E-state index in [-0.39, 0.29) is 15.1 Å². The molecule has 15 heavy (non-hydrogen) atoms. The molecular weight excluding hydrogens is 286 g/mol. The summed E-state index contributed by atoms with van der Waals surface area (Å²) in [7, 11) is -0.870. The second-order valence-electron chi connectivity index (χ2n) is 3.06. The highest BCUT2D eigenvalue weighted by molar-refractivity contribution is 9.10. The summed E-state index contributed by atoms with van der Waals surface area (Å²) in [6, 6.07) is 2.13. The number of phenolic OH excluding ortho intramolecular Hbond substituents is 2. The van der Waals surface area contributed by atoms with Crippen LogP contribution in [0.3, 0.4) is 0 Å². The molecule has 0 fully saturated rings. The lowest BCUT2D eigenvalue weighted by atomic mass is 10.3. The van der Waals surface area contributed by atoms with Gasteiger partial charge in [-0.1, -0.05) is 0 Å². The molecule has 1 rings (SSSR count). The Morgan fingerprint density at radius 1 is 1.20 bits per heavy atom. The lowest BCUT2D eigenvalue weighted by Gasteiger charge is -2.13. The molecule has 0 amide bonds. The Kier molecular flexibility index (Phi) is 3.27. The van der Waals surface area contributed by atoms with E-state index in [1.54, 1.807) is 0 Å². The van der Waals surface area contributed by atoms with Gasteiger partial charge in [0, 0.05) is 24.6 Å². The van der Waals surface area contributed by atoms with Gasteiger partial charge in [0.05, 0.1) is 0 Å². The summed E-state index contributed by atoms with van der Waals surface area (Å²) in [5.74, 6) is -0.849. The maximum Gasteiger partial charge on any atom is 0.243 e. The lowest BCUT2D eigenvalue weighted by molar-refractivity contribution is 0.401. The molecule has 0 aliphatic rings. The van der Waals surface area contributed by atoms with Crippen molar-refractivity contribution in [3.63, 3.8) is 0 Å². The molecule has 7 heteroatoms. The molecule has 0 atom stereocenters. The molecule has 0 aromatic heterocycles. The molecule has 2 N–H and O–H groups in total. The third-order valence-corrected chi connectivity index (χ3v) is 4.56. The van der Waals surface area contributed by atoms with Crippen molar-refractivity contribution in [3.8, 4) is 11.5 Å². The molecule has 0 unspecified atom stereocenters. The van der Waals surface area contributed by atoms with Crippen LogP contribution in [0, 0.1) is 0 Å². The van der Waals surface area contributed by atoms with E-state index in [0.717, 1.165) is 16.4 Å². The van der Waals surface area contributed by atoms with Gasteiger partial charge in [-0.15, -0.1) is 0 Å². The summed E-state index contributed by atoms with van der Waals surface area (Å²) in [5, 5.41) is 18.4. The fraction of sp³-hybridized carbons (Fsp3) is 0.250. The maximum atomic E-state index is 11.7. The van der Waals surface area contributed by atoms with Crippen LogP contribution in [0.15, 0.2) is 21.5 Å². The highest BCUT2D eigenvalue weighted by Crippen LogP contribution is 2.34. The average Bonchev–Trinajstić information content (AvgIpc) is 2.10. The largest absolute Gasteiger partial charge is 0.504 e. The molecule has 0 radical (unpaired) electrons. The second-order valence-corrected chi connectivity index (χ2v) is 6.03. The predicted molar refractivity (Wildman–Crippen MR) is 58.3 cm³/mol. The number of sulfonamides is 1. The Hall–Kier alpha value is -0.790. The van der Waals surface area contributed by atoms with Gasteiger partial charge in [-0.3, -0.25) is 0 Å². The van der Waals surface area contributed by atoms with Gasteiger partial charge in [0.25, 0.3) is 0 Å². The van der Waals surface area contributed by atoms with Crippen molar-refractivity contribution < 1.29 is 18.6 Å². The summed E-state index contributed by atoms with van der Waals surface area (Å²) in [5.41, 5.74) is 0. The summed E-state index contributed by atoms with van der Waals surface area (Å²) in [4.78, 5) is -0.0946. The van der Waals surface area contributed by atoms with Gasteiger partial charge < -0.3 is 10.2 Å². The van der Waals surface area contributed by atoms with Crippen LogP contribution in [0.25, 0.3) is 0 Å². The van der Waals surface area contributed by atoms with E-state index >= 15 is 0 Å². The first-order valence-electron chi connectivity index (χ1n) is 3.91. The van der Waals surface area contributed by atoms with Crippen LogP contribution in [0.4, 0.5) is 0 Å². The number of hydrogen-bond donors (Lipinski definition) is 2. The number of nitrogens with zero attached hydrogens (tertiary/aromatic N) is 1. The summed E-state index contributed by atoms with van der Waals surface area (Å²) < 4.78 is 24.7. The average molecular weight is 296 g/mol. The van der Waals surface area contributed by atoms with E-state index < -0.39 is 15.8 Å². The normalized spacial score (nSPS) is 12.0. The Balaban J connectivity index is 3.46. The molecule has 1 aromatic carbocycles. The molecule has 0 saturated carbocycles. The van der Waals surface area contributed by atoms with Crippen molar-refractivity contribution >= 4 is 26.0 Å². The van der Waals surface area contributed by atoms with Crippen LogP contribution in [0.5, 0.6) is 11.5 Å². The van der Waals surface area contributed by atoms with Crippen LogP contribution in [0.2, 0.25) is 0 Å². The number of halogens is 1. The summed E-state index contributed by atoms with van der Waals surface area (Å²) >= 11 is 3.01. The summed E-state index contributed by atoms with van der Waals surface area (Å²) in [6.07, 6.45) is 0. The smallest absolute Gasteiger partial charge is 0.243 e. The molecule has 0 bridgehead atoms. The zero-order valence-corrected chi connectivity index (χ0v) is 10.5. The standard InChI is InChI=1S/C8H10BrNO4S/c1-10(2)15(13,14)8-4-7(12)6(11)3-5(8)9/h3-4,11-12H,1-2H3. The first-order chi connectivity index (χ1) is 6.76. The van der Waals surface area contributed by atoms with Gasteiger partial charge in [-0.2, -0.15) is 0 Å². The first-order valence-corrected chi connectivity index (χ1v) is 6.14. The molecule has 0 aliphatic heterocycles. The number of aromatic hydroxyl groups is 2. The fourth-order valence-electron chi connectivity index (χ4n) is 0.927. The number of phenols is 2. The molecule has 5 nitrogen and oxygen atoms in total. The minimum absolute atomic E-state index is 0.0946. The maximum absolute atomic E-state index is 11.7. The molecule has 0 heterocycles. The van der Waals surface area contributed by atoms with E-state index in [2.05, 4.69) is 15.9 Å². The fourth-order valence-corrected chi connectivity index (χ4v) is 2.83. The van der Waals surface area contributed by atoms with Gasteiger partial charge in [0.1, 0.15) is 4.90 Å². The number of rotatable bonds is 2. The second kappa shape index (κ2) is 3.99.